The fraction of sp³-hybridized carbons (Fsp3) is 0.200. The van der Waals surface area contributed by atoms with E-state index in [-0.39, 0.29) is 5.83 Å². The molecule has 0 saturated carbocycles. The average Bonchev–Trinajstić information content (AvgIpc) is 3.25. The van der Waals surface area contributed by atoms with Gasteiger partial charge < -0.3 is 5.32 Å². The molecule has 4 heteroatoms. The van der Waals surface area contributed by atoms with Crippen molar-refractivity contribution in [3.05, 3.63) is 76.1 Å². The Labute approximate surface area is 144 Å². The van der Waals surface area contributed by atoms with Gasteiger partial charge in [0, 0.05) is 16.8 Å². The van der Waals surface area contributed by atoms with Crippen molar-refractivity contribution in [2.45, 2.75) is 12.8 Å². The van der Waals surface area contributed by atoms with E-state index in [4.69, 9.17) is 0 Å². The van der Waals surface area contributed by atoms with Gasteiger partial charge in [0.25, 0.3) is 0 Å². The molecule has 0 atom stereocenters. The van der Waals surface area contributed by atoms with E-state index < -0.39 is 0 Å². The van der Waals surface area contributed by atoms with Crippen molar-refractivity contribution < 1.29 is 4.39 Å². The monoisotopic (exact) mass is 336 g/mol. The summed E-state index contributed by atoms with van der Waals surface area (Å²) in [5.41, 5.74) is 5.88. The van der Waals surface area contributed by atoms with Crippen LogP contribution in [0, 0.1) is 0 Å². The quantitative estimate of drug-likeness (QED) is 0.803. The van der Waals surface area contributed by atoms with E-state index in [0.29, 0.717) is 12.0 Å². The van der Waals surface area contributed by atoms with Gasteiger partial charge in [-0.25, -0.2) is 4.39 Å². The van der Waals surface area contributed by atoms with Crippen LogP contribution in [0.3, 0.4) is 0 Å². The minimum Gasteiger partial charge on any atom is -0.367 e. The van der Waals surface area contributed by atoms with E-state index in [2.05, 4.69) is 45.7 Å². The fourth-order valence-electron chi connectivity index (χ4n) is 3.13. The van der Waals surface area contributed by atoms with Gasteiger partial charge in [0.2, 0.25) is 0 Å². The highest BCUT2D eigenvalue weighted by molar-refractivity contribution is 7.17. The second-order valence-corrected chi connectivity index (χ2v) is 6.73. The fourth-order valence-corrected chi connectivity index (χ4v) is 3.96. The summed E-state index contributed by atoms with van der Waals surface area (Å²) in [7, 11) is 0. The second-order valence-electron chi connectivity index (χ2n) is 5.78. The van der Waals surface area contributed by atoms with Crippen molar-refractivity contribution in [1.82, 2.24) is 5.32 Å². The highest BCUT2D eigenvalue weighted by atomic mass is 32.1. The predicted octanol–water partition coefficient (Wildman–Crippen LogP) is 4.71. The molecule has 2 aliphatic rings. The van der Waals surface area contributed by atoms with E-state index >= 15 is 0 Å². The zero-order valence-corrected chi connectivity index (χ0v) is 14.0. The van der Waals surface area contributed by atoms with E-state index in [0.717, 1.165) is 30.9 Å². The standard InChI is InChI=1S/C20H17FN2S/c21-18-6-2-1-5-17(20-22-11-12-23-20)16(18)9-8-14-4-3-7-19-15(14)10-13-24-19/h1-4,6-7,10,13H,8-9,11-12H2,(H,22,23). The Hall–Kier alpha value is -2.42. The van der Waals surface area contributed by atoms with Crippen LogP contribution in [0.4, 0.5) is 4.39 Å². The third-order valence-corrected chi connectivity index (χ3v) is 5.18. The van der Waals surface area contributed by atoms with Crippen LogP contribution in [0.15, 0.2) is 75.6 Å². The molecule has 1 N–H and O–H groups in total. The number of rotatable bonds is 4. The number of amidine groups is 1. The molecule has 0 fully saturated rings. The Morgan fingerprint density at radius 3 is 3.08 bits per heavy atom. The van der Waals surface area contributed by atoms with Crippen LogP contribution in [0.25, 0.3) is 10.1 Å². The van der Waals surface area contributed by atoms with Crippen LogP contribution >= 0.6 is 11.3 Å². The van der Waals surface area contributed by atoms with Gasteiger partial charge in [-0.3, -0.25) is 4.99 Å². The zero-order valence-electron chi connectivity index (χ0n) is 13.2. The molecular formula is C20H17FN2S. The van der Waals surface area contributed by atoms with E-state index in [1.165, 1.54) is 21.7 Å². The minimum atomic E-state index is -0.194. The molecule has 2 nitrogen and oxygen atoms in total. The van der Waals surface area contributed by atoms with Gasteiger partial charge in [0.15, 0.2) is 0 Å². The Morgan fingerprint density at radius 1 is 1.25 bits per heavy atom. The number of aliphatic imine (C=N–C) groups is 1. The lowest BCUT2D eigenvalue weighted by Crippen LogP contribution is -2.21. The summed E-state index contributed by atoms with van der Waals surface area (Å²) in [4.78, 5) is 4.44. The van der Waals surface area contributed by atoms with Gasteiger partial charge >= 0.3 is 0 Å². The van der Waals surface area contributed by atoms with Crippen molar-refractivity contribution >= 4 is 27.3 Å². The van der Waals surface area contributed by atoms with Crippen molar-refractivity contribution in [3.8, 4) is 0 Å². The number of fused-ring (bicyclic) bond motifs is 1. The van der Waals surface area contributed by atoms with Crippen LogP contribution in [0.5, 0.6) is 0 Å². The third-order valence-electron chi connectivity index (χ3n) is 4.30. The number of nitrogens with zero attached hydrogens (tertiary/aromatic N) is 1. The SMILES string of the molecule is FC1=C(CCc2cccc3sccc23)C(C2=NCCN2)=C=CC=C1. The average molecular weight is 336 g/mol. The molecule has 120 valence electrons. The lowest BCUT2D eigenvalue weighted by molar-refractivity contribution is 0.649. The number of allylic oxidation sites excluding steroid dienone is 3. The number of benzene rings is 1. The third kappa shape index (κ3) is 2.86. The summed E-state index contributed by atoms with van der Waals surface area (Å²) in [5.74, 6) is 0.564. The molecule has 0 unspecified atom stereocenters. The maximum absolute atomic E-state index is 14.6. The summed E-state index contributed by atoms with van der Waals surface area (Å²) in [6, 6.07) is 8.48. The molecule has 1 aliphatic carbocycles. The minimum absolute atomic E-state index is 0.194. The van der Waals surface area contributed by atoms with E-state index in [1.54, 1.807) is 23.5 Å². The largest absolute Gasteiger partial charge is 0.367 e. The number of thiophene rings is 1. The van der Waals surface area contributed by atoms with Crippen LogP contribution in [0.2, 0.25) is 0 Å². The van der Waals surface area contributed by atoms with Gasteiger partial charge in [0.1, 0.15) is 11.7 Å². The molecule has 24 heavy (non-hydrogen) atoms. The maximum atomic E-state index is 14.6. The predicted molar refractivity (Wildman–Crippen MR) is 99.3 cm³/mol. The Balaban J connectivity index is 1.65. The molecular weight excluding hydrogens is 319 g/mol. The topological polar surface area (TPSA) is 24.4 Å². The van der Waals surface area contributed by atoms with Gasteiger partial charge in [-0.1, -0.05) is 18.2 Å². The maximum Gasteiger partial charge on any atom is 0.136 e. The Bertz CT molecular complexity index is 939. The van der Waals surface area contributed by atoms with Crippen molar-refractivity contribution in [2.24, 2.45) is 4.99 Å². The first-order valence-corrected chi connectivity index (χ1v) is 8.97. The van der Waals surface area contributed by atoms with Crippen LogP contribution < -0.4 is 5.32 Å². The lowest BCUT2D eigenvalue weighted by atomic mass is 9.96. The molecule has 0 radical (unpaired) electrons. The van der Waals surface area contributed by atoms with E-state index in [9.17, 15) is 4.39 Å². The molecule has 4 rings (SSSR count). The zero-order chi connectivity index (χ0) is 16.4. The first kappa shape index (κ1) is 15.1. The van der Waals surface area contributed by atoms with Crippen LogP contribution in [-0.4, -0.2) is 18.9 Å². The molecule has 0 bridgehead atoms. The number of hydrogen-bond acceptors (Lipinski definition) is 3. The molecule has 1 aromatic heterocycles. The molecule has 1 aliphatic heterocycles. The molecule has 0 saturated heterocycles. The highest BCUT2D eigenvalue weighted by Gasteiger charge is 2.19. The number of nitrogens with one attached hydrogen (secondary N) is 1. The van der Waals surface area contributed by atoms with Gasteiger partial charge in [0.05, 0.1) is 12.1 Å². The van der Waals surface area contributed by atoms with Crippen LogP contribution in [0.1, 0.15) is 12.0 Å². The first-order valence-electron chi connectivity index (χ1n) is 8.09. The molecule has 0 amide bonds. The smallest absolute Gasteiger partial charge is 0.136 e. The number of halogens is 1. The highest BCUT2D eigenvalue weighted by Crippen LogP contribution is 2.29. The van der Waals surface area contributed by atoms with Crippen LogP contribution in [-0.2, 0) is 6.42 Å². The van der Waals surface area contributed by atoms with Crippen molar-refractivity contribution in [2.75, 3.05) is 13.1 Å². The van der Waals surface area contributed by atoms with Gasteiger partial charge in [-0.15, -0.1) is 17.1 Å². The van der Waals surface area contributed by atoms with Crippen molar-refractivity contribution in [1.29, 1.82) is 0 Å². The first-order chi connectivity index (χ1) is 11.8. The second kappa shape index (κ2) is 6.60. The summed E-state index contributed by atoms with van der Waals surface area (Å²) in [6.45, 7) is 1.54. The number of hydrogen-bond donors (Lipinski definition) is 1. The summed E-state index contributed by atoms with van der Waals surface area (Å²) >= 11 is 1.74. The molecule has 1 aromatic carbocycles. The van der Waals surface area contributed by atoms with E-state index in [1.807, 2.05) is 0 Å². The van der Waals surface area contributed by atoms with Gasteiger partial charge in [-0.05, 0) is 53.5 Å². The summed E-state index contributed by atoms with van der Waals surface area (Å²) < 4.78 is 15.9. The molecule has 2 heterocycles. The van der Waals surface area contributed by atoms with Gasteiger partial charge in [-0.2, -0.15) is 0 Å². The summed E-state index contributed by atoms with van der Waals surface area (Å²) in [5, 5.41) is 6.61. The summed E-state index contributed by atoms with van der Waals surface area (Å²) in [6.07, 6.45) is 6.38. The lowest BCUT2D eigenvalue weighted by Gasteiger charge is -2.12. The molecule has 0 spiro atoms. The Morgan fingerprint density at radius 2 is 2.21 bits per heavy atom. The Kier molecular flexibility index (Phi) is 4.16. The normalized spacial score (nSPS) is 17.0. The van der Waals surface area contributed by atoms with Crippen molar-refractivity contribution in [3.63, 3.8) is 0 Å². The number of aryl methyl sites for hydroxylation is 1. The molecule has 2 aromatic rings.